The first-order valence-corrected chi connectivity index (χ1v) is 12.0. The maximum Gasteiger partial charge on any atom is 0.237 e. The Kier molecular flexibility index (Phi) is 8.11. The van der Waals surface area contributed by atoms with E-state index in [-0.39, 0.29) is 11.2 Å². The number of hydrogen-bond acceptors (Lipinski definition) is 5. The lowest BCUT2D eigenvalue weighted by atomic mass is 10.2. The largest absolute Gasteiger partial charge is 0.325 e. The molecule has 0 aliphatic heterocycles. The van der Waals surface area contributed by atoms with Gasteiger partial charge in [-0.15, -0.1) is 22.0 Å². The van der Waals surface area contributed by atoms with Crippen LogP contribution in [0.15, 0.2) is 52.5 Å². The van der Waals surface area contributed by atoms with E-state index in [1.54, 1.807) is 30.0 Å². The number of anilines is 1. The standard InChI is InChI=1S/C21H22Cl2N4OS2/c1-4-18(20(28)24-14-7-10-16(22)17(23)11-14)30-21-26-25-19(27(21)3)12-29-15-8-5-13(2)6-9-15/h5-11,18H,4,12H2,1-3H3,(H,24,28). The summed E-state index contributed by atoms with van der Waals surface area (Å²) in [6.07, 6.45) is 0.651. The highest BCUT2D eigenvalue weighted by molar-refractivity contribution is 8.00. The van der Waals surface area contributed by atoms with Crippen LogP contribution in [-0.2, 0) is 17.6 Å². The molecule has 1 amide bonds. The van der Waals surface area contributed by atoms with Crippen LogP contribution >= 0.6 is 46.7 Å². The molecule has 3 rings (SSSR count). The smallest absolute Gasteiger partial charge is 0.237 e. The maximum atomic E-state index is 12.7. The molecule has 1 N–H and O–H groups in total. The number of hydrogen-bond donors (Lipinski definition) is 1. The van der Waals surface area contributed by atoms with Gasteiger partial charge in [-0.3, -0.25) is 4.79 Å². The van der Waals surface area contributed by atoms with Gasteiger partial charge in [-0.1, -0.05) is 59.6 Å². The molecule has 0 fully saturated rings. The Morgan fingerprint density at radius 2 is 1.87 bits per heavy atom. The summed E-state index contributed by atoms with van der Waals surface area (Å²) in [7, 11) is 1.93. The number of aromatic nitrogens is 3. The number of benzene rings is 2. The van der Waals surface area contributed by atoms with Crippen molar-refractivity contribution in [2.45, 2.75) is 41.3 Å². The second-order valence-electron chi connectivity index (χ2n) is 6.69. The van der Waals surface area contributed by atoms with Gasteiger partial charge < -0.3 is 9.88 Å². The van der Waals surface area contributed by atoms with E-state index in [4.69, 9.17) is 23.2 Å². The van der Waals surface area contributed by atoms with Crippen LogP contribution < -0.4 is 5.32 Å². The van der Waals surface area contributed by atoms with Crippen molar-refractivity contribution in [3.8, 4) is 0 Å². The van der Waals surface area contributed by atoms with Gasteiger partial charge in [-0.05, 0) is 43.7 Å². The van der Waals surface area contributed by atoms with Crippen molar-refractivity contribution in [2.75, 3.05) is 5.32 Å². The third-order valence-electron chi connectivity index (χ3n) is 4.41. The highest BCUT2D eigenvalue weighted by atomic mass is 35.5. The lowest BCUT2D eigenvalue weighted by Gasteiger charge is -2.14. The van der Waals surface area contributed by atoms with Crippen molar-refractivity contribution < 1.29 is 4.79 Å². The van der Waals surface area contributed by atoms with Gasteiger partial charge in [0.1, 0.15) is 5.82 Å². The Morgan fingerprint density at radius 3 is 2.53 bits per heavy atom. The Morgan fingerprint density at radius 1 is 1.13 bits per heavy atom. The summed E-state index contributed by atoms with van der Waals surface area (Å²) in [6, 6.07) is 13.4. The predicted octanol–water partition coefficient (Wildman–Crippen LogP) is 6.23. The number of thioether (sulfide) groups is 2. The Labute approximate surface area is 194 Å². The zero-order valence-electron chi connectivity index (χ0n) is 16.9. The van der Waals surface area contributed by atoms with E-state index in [0.29, 0.717) is 33.1 Å². The fourth-order valence-electron chi connectivity index (χ4n) is 2.60. The normalized spacial score (nSPS) is 12.0. The van der Waals surface area contributed by atoms with Gasteiger partial charge in [0.15, 0.2) is 5.16 Å². The summed E-state index contributed by atoms with van der Waals surface area (Å²) in [5.41, 5.74) is 1.85. The van der Waals surface area contributed by atoms with Crippen LogP contribution in [0.4, 0.5) is 5.69 Å². The van der Waals surface area contributed by atoms with Crippen molar-refractivity contribution in [2.24, 2.45) is 7.05 Å². The number of nitrogens with zero attached hydrogens (tertiary/aromatic N) is 3. The van der Waals surface area contributed by atoms with Crippen LogP contribution in [0.25, 0.3) is 0 Å². The van der Waals surface area contributed by atoms with E-state index in [0.717, 1.165) is 5.82 Å². The van der Waals surface area contributed by atoms with Crippen LogP contribution in [0.5, 0.6) is 0 Å². The van der Waals surface area contributed by atoms with E-state index in [9.17, 15) is 4.79 Å². The summed E-state index contributed by atoms with van der Waals surface area (Å²) in [5, 5.41) is 12.8. The average molecular weight is 481 g/mol. The van der Waals surface area contributed by atoms with Crippen LogP contribution in [-0.4, -0.2) is 25.9 Å². The lowest BCUT2D eigenvalue weighted by Crippen LogP contribution is -2.25. The summed E-state index contributed by atoms with van der Waals surface area (Å²) in [5.74, 6) is 1.46. The number of carbonyl (C=O) groups excluding carboxylic acids is 1. The van der Waals surface area contributed by atoms with E-state index in [1.165, 1.54) is 22.2 Å². The second-order valence-corrected chi connectivity index (χ2v) is 9.73. The minimum atomic E-state index is -0.306. The molecule has 1 aromatic heterocycles. The summed E-state index contributed by atoms with van der Waals surface area (Å²) in [6.45, 7) is 4.04. The van der Waals surface area contributed by atoms with Gasteiger partial charge in [-0.25, -0.2) is 0 Å². The number of nitrogens with one attached hydrogen (secondary N) is 1. The molecule has 1 heterocycles. The fraction of sp³-hybridized carbons (Fsp3) is 0.286. The molecule has 2 aromatic carbocycles. The van der Waals surface area contributed by atoms with Gasteiger partial charge in [0.05, 0.1) is 21.0 Å². The van der Waals surface area contributed by atoms with E-state index >= 15 is 0 Å². The molecule has 0 spiro atoms. The number of amides is 1. The summed E-state index contributed by atoms with van der Waals surface area (Å²) in [4.78, 5) is 13.9. The molecule has 0 aliphatic rings. The van der Waals surface area contributed by atoms with Crippen molar-refractivity contribution in [3.05, 3.63) is 63.9 Å². The fourth-order valence-corrected chi connectivity index (χ4v) is 4.71. The quantitative estimate of drug-likeness (QED) is 0.387. The Balaban J connectivity index is 1.62. The third-order valence-corrected chi connectivity index (χ3v) is 7.56. The average Bonchev–Trinajstić information content (AvgIpc) is 3.07. The first-order chi connectivity index (χ1) is 14.4. The molecule has 0 saturated carbocycles. The molecule has 158 valence electrons. The molecular formula is C21H22Cl2N4OS2. The number of halogens is 2. The van der Waals surface area contributed by atoms with Crippen molar-refractivity contribution in [1.29, 1.82) is 0 Å². The topological polar surface area (TPSA) is 59.8 Å². The molecule has 9 heteroatoms. The van der Waals surface area contributed by atoms with Crippen molar-refractivity contribution in [1.82, 2.24) is 14.8 Å². The maximum absolute atomic E-state index is 12.7. The van der Waals surface area contributed by atoms with Crippen LogP contribution in [0.2, 0.25) is 10.0 Å². The van der Waals surface area contributed by atoms with Gasteiger partial charge in [0.25, 0.3) is 0 Å². The molecule has 0 aliphatic carbocycles. The van der Waals surface area contributed by atoms with Crippen LogP contribution in [0, 0.1) is 6.92 Å². The highest BCUT2D eigenvalue weighted by Gasteiger charge is 2.22. The first-order valence-electron chi connectivity index (χ1n) is 9.37. The zero-order valence-corrected chi connectivity index (χ0v) is 20.0. The zero-order chi connectivity index (χ0) is 21.7. The summed E-state index contributed by atoms with van der Waals surface area (Å²) >= 11 is 15.1. The number of rotatable bonds is 8. The Hall–Kier alpha value is -1.67. The summed E-state index contributed by atoms with van der Waals surface area (Å²) < 4.78 is 1.95. The predicted molar refractivity (Wildman–Crippen MR) is 127 cm³/mol. The van der Waals surface area contributed by atoms with Crippen LogP contribution in [0.3, 0.4) is 0 Å². The second kappa shape index (κ2) is 10.6. The lowest BCUT2D eigenvalue weighted by molar-refractivity contribution is -0.115. The molecule has 30 heavy (non-hydrogen) atoms. The molecule has 0 saturated heterocycles. The molecule has 5 nitrogen and oxygen atoms in total. The SMILES string of the molecule is CCC(Sc1nnc(CSc2ccc(C)cc2)n1C)C(=O)Nc1ccc(Cl)c(Cl)c1. The van der Waals surface area contributed by atoms with E-state index in [2.05, 4.69) is 46.7 Å². The number of carbonyl (C=O) groups is 1. The monoisotopic (exact) mass is 480 g/mol. The molecule has 1 unspecified atom stereocenters. The van der Waals surface area contributed by atoms with E-state index in [1.807, 2.05) is 18.5 Å². The number of aryl methyl sites for hydroxylation is 1. The van der Waals surface area contributed by atoms with Gasteiger partial charge in [0, 0.05) is 17.6 Å². The van der Waals surface area contributed by atoms with Crippen LogP contribution in [0.1, 0.15) is 24.7 Å². The van der Waals surface area contributed by atoms with E-state index < -0.39 is 0 Å². The minimum absolute atomic E-state index is 0.112. The van der Waals surface area contributed by atoms with Crippen molar-refractivity contribution in [3.63, 3.8) is 0 Å². The molecule has 3 aromatic rings. The molecule has 0 radical (unpaired) electrons. The van der Waals surface area contributed by atoms with Crippen molar-refractivity contribution >= 4 is 58.3 Å². The van der Waals surface area contributed by atoms with Gasteiger partial charge >= 0.3 is 0 Å². The van der Waals surface area contributed by atoms with Gasteiger partial charge in [-0.2, -0.15) is 0 Å². The minimum Gasteiger partial charge on any atom is -0.325 e. The third kappa shape index (κ3) is 5.94. The molecule has 1 atom stereocenters. The first kappa shape index (κ1) is 23.0. The highest BCUT2D eigenvalue weighted by Crippen LogP contribution is 2.29. The molecule has 0 bridgehead atoms. The van der Waals surface area contributed by atoms with Gasteiger partial charge in [0.2, 0.25) is 5.91 Å². The Bertz CT molecular complexity index is 1020. The molecular weight excluding hydrogens is 459 g/mol.